The predicted molar refractivity (Wildman–Crippen MR) is 105 cm³/mol. The first kappa shape index (κ1) is 17.8. The van der Waals surface area contributed by atoms with Crippen molar-refractivity contribution in [1.82, 2.24) is 10.4 Å². The molecule has 0 aliphatic heterocycles. The van der Waals surface area contributed by atoms with E-state index in [4.69, 9.17) is 4.74 Å². The fraction of sp³-hybridized carbons (Fsp3) is 0.150. The summed E-state index contributed by atoms with van der Waals surface area (Å²) in [7, 11) is 1.62. The van der Waals surface area contributed by atoms with E-state index in [1.165, 1.54) is 11.3 Å². The summed E-state index contributed by atoms with van der Waals surface area (Å²) in [6.45, 7) is 1.84. The van der Waals surface area contributed by atoms with Gasteiger partial charge in [0.2, 0.25) is 5.91 Å². The van der Waals surface area contributed by atoms with Crippen molar-refractivity contribution in [3.05, 3.63) is 70.5 Å². The summed E-state index contributed by atoms with van der Waals surface area (Å²) in [5, 5.41) is 6.89. The number of carbonyl (C=O) groups is 1. The van der Waals surface area contributed by atoms with Crippen molar-refractivity contribution in [3.8, 4) is 17.0 Å². The first-order chi connectivity index (χ1) is 12.7. The molecule has 0 unspecified atom stereocenters. The van der Waals surface area contributed by atoms with Gasteiger partial charge >= 0.3 is 0 Å². The Morgan fingerprint density at radius 2 is 2.00 bits per heavy atom. The topological polar surface area (TPSA) is 63.6 Å². The number of amides is 1. The number of thiazole rings is 1. The summed E-state index contributed by atoms with van der Waals surface area (Å²) in [6, 6.07) is 17.4. The lowest BCUT2D eigenvalue weighted by atomic mass is 10.1. The summed E-state index contributed by atoms with van der Waals surface area (Å²) in [5.41, 5.74) is 6.12. The van der Waals surface area contributed by atoms with Crippen molar-refractivity contribution in [2.45, 2.75) is 13.3 Å². The van der Waals surface area contributed by atoms with E-state index in [9.17, 15) is 4.79 Å². The Labute approximate surface area is 156 Å². The van der Waals surface area contributed by atoms with Crippen LogP contribution < -0.4 is 10.2 Å². The molecule has 1 N–H and O–H groups in total. The third kappa shape index (κ3) is 4.55. The van der Waals surface area contributed by atoms with E-state index in [-0.39, 0.29) is 12.3 Å². The molecule has 0 radical (unpaired) electrons. The molecular formula is C20H19N3O2S. The van der Waals surface area contributed by atoms with Gasteiger partial charge in [-0.3, -0.25) is 4.79 Å². The number of carbonyl (C=O) groups excluding carboxylic acids is 1. The second-order valence-corrected chi connectivity index (χ2v) is 6.58. The monoisotopic (exact) mass is 365 g/mol. The van der Waals surface area contributed by atoms with Gasteiger partial charge in [-0.15, -0.1) is 11.3 Å². The highest BCUT2D eigenvalue weighted by molar-refractivity contribution is 7.10. The summed E-state index contributed by atoms with van der Waals surface area (Å²) in [6.07, 6.45) is 0.201. The molecule has 5 nitrogen and oxygen atoms in total. The fourth-order valence-electron chi connectivity index (χ4n) is 2.37. The Bertz CT molecular complexity index is 920. The molecule has 0 atom stereocenters. The molecule has 0 fully saturated rings. The quantitative estimate of drug-likeness (QED) is 0.532. The van der Waals surface area contributed by atoms with Gasteiger partial charge in [-0.1, -0.05) is 42.5 Å². The van der Waals surface area contributed by atoms with E-state index in [0.29, 0.717) is 5.71 Å². The number of nitrogens with zero attached hydrogens (tertiary/aromatic N) is 2. The van der Waals surface area contributed by atoms with Crippen LogP contribution in [0, 0.1) is 0 Å². The van der Waals surface area contributed by atoms with Gasteiger partial charge in [-0.05, 0) is 19.1 Å². The second kappa shape index (κ2) is 8.40. The zero-order valence-corrected chi connectivity index (χ0v) is 15.4. The molecule has 1 amide bonds. The van der Waals surface area contributed by atoms with Crippen molar-refractivity contribution in [1.29, 1.82) is 0 Å². The fourth-order valence-corrected chi connectivity index (χ4v) is 3.17. The third-order valence-electron chi connectivity index (χ3n) is 3.77. The first-order valence-electron chi connectivity index (χ1n) is 8.13. The maximum Gasteiger partial charge on any atom is 0.246 e. The van der Waals surface area contributed by atoms with Crippen molar-refractivity contribution in [2.75, 3.05) is 7.11 Å². The van der Waals surface area contributed by atoms with Gasteiger partial charge in [0, 0.05) is 16.5 Å². The second-order valence-electron chi connectivity index (χ2n) is 5.63. The van der Waals surface area contributed by atoms with Gasteiger partial charge in [-0.2, -0.15) is 5.10 Å². The maximum absolute atomic E-state index is 12.1. The highest BCUT2D eigenvalue weighted by Crippen LogP contribution is 2.21. The lowest BCUT2D eigenvalue weighted by Crippen LogP contribution is -2.21. The molecule has 132 valence electrons. The molecule has 1 heterocycles. The lowest BCUT2D eigenvalue weighted by molar-refractivity contribution is -0.120. The smallest absolute Gasteiger partial charge is 0.246 e. The maximum atomic E-state index is 12.1. The summed E-state index contributed by atoms with van der Waals surface area (Å²) >= 11 is 1.47. The van der Waals surface area contributed by atoms with Gasteiger partial charge in [-0.25, -0.2) is 10.4 Å². The molecule has 0 aliphatic carbocycles. The van der Waals surface area contributed by atoms with Crippen LogP contribution in [0.4, 0.5) is 0 Å². The SMILES string of the molecule is COc1cccc(/C(C)=N\NC(=O)Cc2nc(-c3ccccc3)cs2)c1. The minimum Gasteiger partial charge on any atom is -0.497 e. The Morgan fingerprint density at radius 1 is 1.19 bits per heavy atom. The number of aromatic nitrogens is 1. The van der Waals surface area contributed by atoms with Gasteiger partial charge in [0.15, 0.2) is 0 Å². The molecule has 0 saturated carbocycles. The number of benzene rings is 2. The molecule has 2 aromatic carbocycles. The number of hydrogen-bond acceptors (Lipinski definition) is 5. The Balaban J connectivity index is 1.61. The number of nitrogens with one attached hydrogen (secondary N) is 1. The Hall–Kier alpha value is -2.99. The minimum absolute atomic E-state index is 0.193. The van der Waals surface area contributed by atoms with E-state index in [1.54, 1.807) is 7.11 Å². The molecule has 0 saturated heterocycles. The number of ether oxygens (including phenoxy) is 1. The normalized spacial score (nSPS) is 11.2. The molecule has 0 aliphatic rings. The van der Waals surface area contributed by atoms with Crippen LogP contribution in [0.25, 0.3) is 11.3 Å². The zero-order valence-electron chi connectivity index (χ0n) is 14.6. The molecule has 1 aromatic heterocycles. The average Bonchev–Trinajstić information content (AvgIpc) is 3.15. The van der Waals surface area contributed by atoms with Gasteiger partial charge < -0.3 is 4.74 Å². The van der Waals surface area contributed by atoms with Crippen LogP contribution in [0.2, 0.25) is 0 Å². The van der Waals surface area contributed by atoms with Crippen LogP contribution in [0.5, 0.6) is 5.75 Å². The van der Waals surface area contributed by atoms with Crippen molar-refractivity contribution in [2.24, 2.45) is 5.10 Å². The number of methoxy groups -OCH3 is 1. The molecule has 6 heteroatoms. The number of hydrogen-bond donors (Lipinski definition) is 1. The van der Waals surface area contributed by atoms with Crippen molar-refractivity contribution >= 4 is 23.0 Å². The highest BCUT2D eigenvalue weighted by atomic mass is 32.1. The Kier molecular flexibility index (Phi) is 5.76. The van der Waals surface area contributed by atoms with Crippen LogP contribution >= 0.6 is 11.3 Å². The molecule has 0 bridgehead atoms. The van der Waals surface area contributed by atoms with Gasteiger partial charge in [0.25, 0.3) is 0 Å². The molecule has 0 spiro atoms. The average molecular weight is 365 g/mol. The van der Waals surface area contributed by atoms with E-state index in [1.807, 2.05) is 66.9 Å². The Morgan fingerprint density at radius 3 is 2.77 bits per heavy atom. The largest absolute Gasteiger partial charge is 0.497 e. The lowest BCUT2D eigenvalue weighted by Gasteiger charge is -2.04. The van der Waals surface area contributed by atoms with Crippen molar-refractivity contribution < 1.29 is 9.53 Å². The van der Waals surface area contributed by atoms with E-state index in [2.05, 4.69) is 15.5 Å². The standard InChI is InChI=1S/C20H19N3O2S/c1-14(16-9-6-10-17(11-16)25-2)22-23-19(24)12-20-21-18(13-26-20)15-7-4-3-5-8-15/h3-11,13H,12H2,1-2H3,(H,23,24)/b22-14-. The van der Waals surface area contributed by atoms with E-state index in [0.717, 1.165) is 27.6 Å². The molecule has 3 rings (SSSR count). The van der Waals surface area contributed by atoms with Gasteiger partial charge in [0.05, 0.1) is 24.9 Å². The van der Waals surface area contributed by atoms with Crippen LogP contribution in [0.15, 0.2) is 65.1 Å². The summed E-state index contributed by atoms with van der Waals surface area (Å²) in [5.74, 6) is 0.556. The van der Waals surface area contributed by atoms with E-state index >= 15 is 0 Å². The van der Waals surface area contributed by atoms with Crippen LogP contribution in [0.3, 0.4) is 0 Å². The molecule has 26 heavy (non-hydrogen) atoms. The molecular weight excluding hydrogens is 346 g/mol. The van der Waals surface area contributed by atoms with Crippen LogP contribution in [-0.4, -0.2) is 23.7 Å². The van der Waals surface area contributed by atoms with Crippen LogP contribution in [0.1, 0.15) is 17.5 Å². The van der Waals surface area contributed by atoms with Crippen LogP contribution in [-0.2, 0) is 11.2 Å². The van der Waals surface area contributed by atoms with Crippen molar-refractivity contribution in [3.63, 3.8) is 0 Å². The predicted octanol–water partition coefficient (Wildman–Crippen LogP) is 3.90. The first-order valence-corrected chi connectivity index (χ1v) is 9.01. The number of rotatable bonds is 6. The highest BCUT2D eigenvalue weighted by Gasteiger charge is 2.09. The molecule has 3 aromatic rings. The third-order valence-corrected chi connectivity index (χ3v) is 4.62. The zero-order chi connectivity index (χ0) is 18.4. The van der Waals surface area contributed by atoms with Gasteiger partial charge in [0.1, 0.15) is 10.8 Å². The summed E-state index contributed by atoms with van der Waals surface area (Å²) in [4.78, 5) is 16.7. The summed E-state index contributed by atoms with van der Waals surface area (Å²) < 4.78 is 5.20. The minimum atomic E-state index is -0.193. The van der Waals surface area contributed by atoms with E-state index < -0.39 is 0 Å². The number of hydrazone groups is 1.